The highest BCUT2D eigenvalue weighted by molar-refractivity contribution is 6.30. The first-order valence-electron chi connectivity index (χ1n) is 8.56. The van der Waals surface area contributed by atoms with Gasteiger partial charge in [0.05, 0.1) is 5.56 Å². The maximum atomic E-state index is 14.6. The van der Waals surface area contributed by atoms with Crippen molar-refractivity contribution < 1.29 is 9.18 Å². The summed E-state index contributed by atoms with van der Waals surface area (Å²) in [5.41, 5.74) is 7.66. The first-order chi connectivity index (χ1) is 12.0. The lowest BCUT2D eigenvalue weighted by Gasteiger charge is -2.34. The standard InChI is InChI=1S/C20H22ClFN2O/c1-13(23)16-3-2-10-24(12-16)20(25)18-9-6-15(11-19(18)22)14-4-7-17(21)8-5-14/h4-9,11,13,16H,2-3,10,12,23H2,1H3. The van der Waals surface area contributed by atoms with Gasteiger partial charge in [-0.1, -0.05) is 29.8 Å². The van der Waals surface area contributed by atoms with E-state index < -0.39 is 5.82 Å². The van der Waals surface area contributed by atoms with E-state index in [9.17, 15) is 9.18 Å². The van der Waals surface area contributed by atoms with E-state index in [1.807, 2.05) is 19.1 Å². The van der Waals surface area contributed by atoms with Crippen LogP contribution in [0.1, 0.15) is 30.1 Å². The molecule has 2 aromatic carbocycles. The number of benzene rings is 2. The van der Waals surface area contributed by atoms with E-state index in [0.29, 0.717) is 18.1 Å². The molecule has 1 heterocycles. The van der Waals surface area contributed by atoms with Crippen molar-refractivity contribution in [3.63, 3.8) is 0 Å². The van der Waals surface area contributed by atoms with Gasteiger partial charge in [0.2, 0.25) is 0 Å². The molecule has 0 radical (unpaired) electrons. The number of rotatable bonds is 3. The quantitative estimate of drug-likeness (QED) is 0.884. The minimum absolute atomic E-state index is 0.0349. The van der Waals surface area contributed by atoms with E-state index in [4.69, 9.17) is 17.3 Å². The molecule has 25 heavy (non-hydrogen) atoms. The van der Waals surface area contributed by atoms with Crippen molar-refractivity contribution >= 4 is 17.5 Å². The number of amides is 1. The van der Waals surface area contributed by atoms with Crippen molar-refractivity contribution in [3.8, 4) is 11.1 Å². The first kappa shape index (κ1) is 17.9. The number of halogens is 2. The monoisotopic (exact) mass is 360 g/mol. The van der Waals surface area contributed by atoms with Crippen LogP contribution in [0.3, 0.4) is 0 Å². The molecular weight excluding hydrogens is 339 g/mol. The minimum atomic E-state index is -0.500. The van der Waals surface area contributed by atoms with Crippen molar-refractivity contribution in [2.24, 2.45) is 11.7 Å². The second-order valence-electron chi connectivity index (χ2n) is 6.71. The molecule has 2 unspecified atom stereocenters. The summed E-state index contributed by atoms with van der Waals surface area (Å²) in [5, 5.41) is 0.629. The van der Waals surface area contributed by atoms with E-state index in [0.717, 1.165) is 24.0 Å². The van der Waals surface area contributed by atoms with Gasteiger partial charge in [-0.25, -0.2) is 4.39 Å². The molecule has 5 heteroatoms. The van der Waals surface area contributed by atoms with Crippen LogP contribution in [0.4, 0.5) is 4.39 Å². The van der Waals surface area contributed by atoms with E-state index in [1.165, 1.54) is 6.07 Å². The number of likely N-dealkylation sites (tertiary alicyclic amines) is 1. The van der Waals surface area contributed by atoms with E-state index in [1.54, 1.807) is 29.2 Å². The highest BCUT2D eigenvalue weighted by atomic mass is 35.5. The fraction of sp³-hybridized carbons (Fsp3) is 0.350. The summed E-state index contributed by atoms with van der Waals surface area (Å²) >= 11 is 5.88. The van der Waals surface area contributed by atoms with Crippen LogP contribution in [0.25, 0.3) is 11.1 Å². The number of hydrogen-bond acceptors (Lipinski definition) is 2. The van der Waals surface area contributed by atoms with Crippen LogP contribution < -0.4 is 5.73 Å². The summed E-state index contributed by atoms with van der Waals surface area (Å²) in [6.07, 6.45) is 1.92. The Labute approximate surface area is 152 Å². The van der Waals surface area contributed by atoms with Gasteiger partial charge in [-0.05, 0) is 61.1 Å². The third-order valence-electron chi connectivity index (χ3n) is 4.87. The van der Waals surface area contributed by atoms with Gasteiger partial charge in [0, 0.05) is 24.2 Å². The zero-order valence-corrected chi connectivity index (χ0v) is 15.0. The minimum Gasteiger partial charge on any atom is -0.338 e. The van der Waals surface area contributed by atoms with Crippen LogP contribution in [0.15, 0.2) is 42.5 Å². The topological polar surface area (TPSA) is 46.3 Å². The summed E-state index contributed by atoms with van der Waals surface area (Å²) in [4.78, 5) is 14.4. The Bertz CT molecular complexity index is 761. The van der Waals surface area contributed by atoms with Gasteiger partial charge < -0.3 is 10.6 Å². The lowest BCUT2D eigenvalue weighted by molar-refractivity contribution is 0.0656. The molecule has 2 N–H and O–H groups in total. The first-order valence-corrected chi connectivity index (χ1v) is 8.94. The van der Waals surface area contributed by atoms with Gasteiger partial charge in [0.15, 0.2) is 0 Å². The normalized spacial score (nSPS) is 18.9. The molecule has 0 saturated carbocycles. The number of carbonyl (C=O) groups excluding carboxylic acids is 1. The fourth-order valence-corrected chi connectivity index (χ4v) is 3.43. The Morgan fingerprint density at radius 3 is 2.56 bits per heavy atom. The SMILES string of the molecule is CC(N)C1CCCN(C(=O)c2ccc(-c3ccc(Cl)cc3)cc2F)C1. The molecule has 3 rings (SSSR count). The summed E-state index contributed by atoms with van der Waals surface area (Å²) in [6.45, 7) is 3.20. The maximum absolute atomic E-state index is 14.6. The average Bonchev–Trinajstić information content (AvgIpc) is 2.62. The predicted molar refractivity (Wildman–Crippen MR) is 99.1 cm³/mol. The molecule has 1 amide bonds. The lowest BCUT2D eigenvalue weighted by Crippen LogP contribution is -2.45. The zero-order valence-electron chi connectivity index (χ0n) is 14.2. The Morgan fingerprint density at radius 1 is 1.24 bits per heavy atom. The van der Waals surface area contributed by atoms with E-state index in [-0.39, 0.29) is 23.4 Å². The van der Waals surface area contributed by atoms with Gasteiger partial charge in [-0.15, -0.1) is 0 Å². The molecule has 1 aliphatic rings. The van der Waals surface area contributed by atoms with Crippen LogP contribution >= 0.6 is 11.6 Å². The highest BCUT2D eigenvalue weighted by Crippen LogP contribution is 2.26. The number of nitrogens with two attached hydrogens (primary N) is 1. The predicted octanol–water partition coefficient (Wildman–Crippen LogP) is 4.35. The van der Waals surface area contributed by atoms with Crippen molar-refractivity contribution in [2.45, 2.75) is 25.8 Å². The Balaban J connectivity index is 1.80. The maximum Gasteiger partial charge on any atom is 0.256 e. The van der Waals surface area contributed by atoms with Crippen LogP contribution in [0, 0.1) is 11.7 Å². The molecule has 132 valence electrons. The molecule has 1 aliphatic heterocycles. The van der Waals surface area contributed by atoms with Gasteiger partial charge >= 0.3 is 0 Å². The Morgan fingerprint density at radius 2 is 1.92 bits per heavy atom. The number of hydrogen-bond donors (Lipinski definition) is 1. The third kappa shape index (κ3) is 4.02. The van der Waals surface area contributed by atoms with Crippen LogP contribution in [-0.2, 0) is 0 Å². The largest absolute Gasteiger partial charge is 0.338 e. The summed E-state index contributed by atoms with van der Waals surface area (Å²) in [6, 6.07) is 12.0. The molecule has 0 spiro atoms. The van der Waals surface area contributed by atoms with Gasteiger partial charge in [0.1, 0.15) is 5.82 Å². The molecule has 1 saturated heterocycles. The third-order valence-corrected chi connectivity index (χ3v) is 5.12. The molecule has 0 aliphatic carbocycles. The molecule has 0 aromatic heterocycles. The van der Waals surface area contributed by atoms with E-state index in [2.05, 4.69) is 0 Å². The molecule has 2 atom stereocenters. The smallest absolute Gasteiger partial charge is 0.256 e. The molecular formula is C20H22ClFN2O. The summed E-state index contributed by atoms with van der Waals surface area (Å²) < 4.78 is 14.6. The number of carbonyl (C=O) groups is 1. The fourth-order valence-electron chi connectivity index (χ4n) is 3.30. The molecule has 1 fully saturated rings. The van der Waals surface area contributed by atoms with Crippen molar-refractivity contribution in [1.82, 2.24) is 4.90 Å². The van der Waals surface area contributed by atoms with Crippen LogP contribution in [0.2, 0.25) is 5.02 Å². The zero-order chi connectivity index (χ0) is 18.0. The van der Waals surface area contributed by atoms with E-state index >= 15 is 0 Å². The number of piperidine rings is 1. The molecule has 2 aromatic rings. The van der Waals surface area contributed by atoms with Gasteiger partial charge in [0.25, 0.3) is 5.91 Å². The second kappa shape index (κ2) is 7.54. The summed E-state index contributed by atoms with van der Waals surface area (Å²) in [5.74, 6) is -0.486. The highest BCUT2D eigenvalue weighted by Gasteiger charge is 2.27. The Kier molecular flexibility index (Phi) is 5.40. The Hall–Kier alpha value is -1.91. The molecule has 0 bridgehead atoms. The second-order valence-corrected chi connectivity index (χ2v) is 7.15. The number of nitrogens with zero attached hydrogens (tertiary/aromatic N) is 1. The van der Waals surface area contributed by atoms with Gasteiger partial charge in [-0.2, -0.15) is 0 Å². The van der Waals surface area contributed by atoms with Crippen LogP contribution in [-0.4, -0.2) is 29.9 Å². The van der Waals surface area contributed by atoms with Crippen molar-refractivity contribution in [3.05, 3.63) is 58.9 Å². The van der Waals surface area contributed by atoms with Crippen molar-refractivity contribution in [1.29, 1.82) is 0 Å². The average molecular weight is 361 g/mol. The molecule has 3 nitrogen and oxygen atoms in total. The van der Waals surface area contributed by atoms with Crippen LogP contribution in [0.5, 0.6) is 0 Å². The summed E-state index contributed by atoms with van der Waals surface area (Å²) in [7, 11) is 0. The van der Waals surface area contributed by atoms with Gasteiger partial charge in [-0.3, -0.25) is 4.79 Å². The van der Waals surface area contributed by atoms with Crippen molar-refractivity contribution in [2.75, 3.05) is 13.1 Å². The lowest BCUT2D eigenvalue weighted by atomic mass is 9.91.